The van der Waals surface area contributed by atoms with Crippen molar-refractivity contribution in [3.05, 3.63) is 12.7 Å². The number of aliphatic hydroxyl groups excluding tert-OH is 2. The van der Waals surface area contributed by atoms with E-state index in [1.165, 1.54) is 31.9 Å². The molecule has 7 atom stereocenters. The third-order valence-electron chi connectivity index (χ3n) is 7.16. The lowest BCUT2D eigenvalue weighted by atomic mass is 9.82. The molecule has 0 aliphatic carbocycles. The van der Waals surface area contributed by atoms with Gasteiger partial charge in [-0.3, -0.25) is 9.36 Å². The molecule has 3 aliphatic heterocycles. The zero-order valence-corrected chi connectivity index (χ0v) is 18.4. The molecule has 0 aromatic carbocycles. The number of piperidine rings is 2. The predicted molar refractivity (Wildman–Crippen MR) is 116 cm³/mol. The average molecular weight is 446 g/mol. The maximum Gasteiger partial charge on any atom is 0.252 e. The fraction of sp³-hybridized carbons (Fsp3) is 0.714. The third kappa shape index (κ3) is 3.62. The summed E-state index contributed by atoms with van der Waals surface area (Å²) < 4.78 is 7.28. The summed E-state index contributed by atoms with van der Waals surface area (Å²) in [4.78, 5) is 27.9. The van der Waals surface area contributed by atoms with Crippen molar-refractivity contribution in [2.75, 3.05) is 18.9 Å². The van der Waals surface area contributed by atoms with Crippen molar-refractivity contribution in [3.63, 3.8) is 0 Å². The molecule has 1 unspecified atom stereocenters. The number of hydrogen-bond donors (Lipinski definition) is 4. The van der Waals surface area contributed by atoms with E-state index in [1.54, 1.807) is 11.5 Å². The van der Waals surface area contributed by atoms with E-state index < -0.39 is 30.4 Å². The quantitative estimate of drug-likeness (QED) is 0.501. The van der Waals surface area contributed by atoms with Gasteiger partial charge in [0.1, 0.15) is 18.5 Å². The number of carbonyl (C=O) groups is 1. The van der Waals surface area contributed by atoms with E-state index in [9.17, 15) is 15.0 Å². The normalized spacial score (nSPS) is 35.2. The van der Waals surface area contributed by atoms with Gasteiger partial charge in [-0.05, 0) is 39.7 Å². The fourth-order valence-electron chi connectivity index (χ4n) is 5.45. The summed E-state index contributed by atoms with van der Waals surface area (Å²) >= 11 is 0. The molecule has 11 nitrogen and oxygen atoms in total. The first-order chi connectivity index (χ1) is 15.5. The summed E-state index contributed by atoms with van der Waals surface area (Å²) in [6.07, 6.45) is 4.05. The second-order valence-electron chi connectivity index (χ2n) is 9.09. The van der Waals surface area contributed by atoms with Crippen molar-refractivity contribution < 1.29 is 19.7 Å². The van der Waals surface area contributed by atoms with Gasteiger partial charge in [-0.15, -0.1) is 0 Å². The van der Waals surface area contributed by atoms with Crippen molar-refractivity contribution >= 4 is 22.9 Å². The summed E-state index contributed by atoms with van der Waals surface area (Å²) in [6.45, 7) is 2.18. The highest BCUT2D eigenvalue weighted by atomic mass is 16.6. The smallest absolute Gasteiger partial charge is 0.252 e. The molecule has 3 aliphatic rings. The van der Waals surface area contributed by atoms with Crippen molar-refractivity contribution in [1.82, 2.24) is 29.7 Å². The van der Waals surface area contributed by atoms with Crippen LogP contribution in [-0.2, 0) is 9.53 Å². The first kappa shape index (κ1) is 21.5. The Balaban J connectivity index is 1.37. The number of anilines is 1. The Hall–Kier alpha value is -2.34. The van der Waals surface area contributed by atoms with Gasteiger partial charge in [0, 0.05) is 24.7 Å². The second kappa shape index (κ2) is 8.54. The maximum atomic E-state index is 12.2. The molecule has 5 heterocycles. The number of amides is 1. The average Bonchev–Trinajstić information content (AvgIpc) is 3.31. The van der Waals surface area contributed by atoms with E-state index in [0.29, 0.717) is 41.7 Å². The van der Waals surface area contributed by atoms with Crippen LogP contribution in [0.4, 0.5) is 5.82 Å². The molecule has 32 heavy (non-hydrogen) atoms. The van der Waals surface area contributed by atoms with E-state index in [2.05, 4.69) is 37.5 Å². The number of hydrogen-bond acceptors (Lipinski definition) is 9. The minimum Gasteiger partial charge on any atom is -0.387 e. The molecule has 174 valence electrons. The first-order valence-corrected chi connectivity index (χ1v) is 11.4. The monoisotopic (exact) mass is 445 g/mol. The van der Waals surface area contributed by atoms with Crippen LogP contribution in [0.25, 0.3) is 11.2 Å². The molecular formula is C21H31N7O4. The lowest BCUT2D eigenvalue weighted by Gasteiger charge is -2.47. The van der Waals surface area contributed by atoms with E-state index >= 15 is 0 Å². The van der Waals surface area contributed by atoms with E-state index in [4.69, 9.17) is 4.74 Å². The van der Waals surface area contributed by atoms with Gasteiger partial charge in [0.2, 0.25) is 0 Å². The Bertz CT molecular complexity index is 970. The summed E-state index contributed by atoms with van der Waals surface area (Å²) in [5.74, 6) is 0.186. The molecule has 3 saturated heterocycles. The van der Waals surface area contributed by atoms with Gasteiger partial charge in [-0.2, -0.15) is 0 Å². The fourth-order valence-corrected chi connectivity index (χ4v) is 5.45. The Kier molecular flexibility index (Phi) is 5.74. The number of likely N-dealkylation sites (N-methyl/N-ethyl adjacent to an activating group) is 1. The SMILES string of the molecule is CCNC(=O)[C@H]1O[C@@H](n2cnc3c(NC4C[C@H]5CCC[C@@H](C4)N5C)ncnc32)[C@H](O)[C@@H]1O. The van der Waals surface area contributed by atoms with Gasteiger partial charge in [0.15, 0.2) is 29.3 Å². The van der Waals surface area contributed by atoms with Crippen LogP contribution in [0.15, 0.2) is 12.7 Å². The zero-order chi connectivity index (χ0) is 22.4. The Labute approximate surface area is 186 Å². The maximum absolute atomic E-state index is 12.2. The summed E-state index contributed by atoms with van der Waals surface area (Å²) in [6, 6.07) is 1.48. The minimum atomic E-state index is -1.35. The summed E-state index contributed by atoms with van der Waals surface area (Å²) in [7, 11) is 2.23. The number of carbonyl (C=O) groups excluding carboxylic acids is 1. The number of aliphatic hydroxyl groups is 2. The molecule has 0 spiro atoms. The van der Waals surface area contributed by atoms with Gasteiger partial charge < -0.3 is 30.5 Å². The molecule has 0 radical (unpaired) electrons. The number of nitrogens with zero attached hydrogens (tertiary/aromatic N) is 5. The Morgan fingerprint density at radius 3 is 2.66 bits per heavy atom. The van der Waals surface area contributed by atoms with Crippen LogP contribution < -0.4 is 10.6 Å². The molecule has 4 N–H and O–H groups in total. The van der Waals surface area contributed by atoms with Crippen molar-refractivity contribution in [2.45, 2.75) is 81.7 Å². The van der Waals surface area contributed by atoms with Crippen LogP contribution in [0.1, 0.15) is 45.3 Å². The largest absolute Gasteiger partial charge is 0.387 e. The number of fused-ring (bicyclic) bond motifs is 3. The van der Waals surface area contributed by atoms with Gasteiger partial charge in [0.25, 0.3) is 5.91 Å². The van der Waals surface area contributed by atoms with Gasteiger partial charge >= 0.3 is 0 Å². The molecule has 11 heteroatoms. The minimum absolute atomic E-state index is 0.307. The highest BCUT2D eigenvalue weighted by molar-refractivity contribution is 5.83. The standard InChI is InChI=1S/C21H31N7O4/c1-3-22-20(31)17-15(29)16(30)21(32-17)28-10-25-14-18(23-9-24-19(14)28)26-11-7-12-5-4-6-13(8-11)27(12)2/h9-13,15-17,21,29-30H,3-8H2,1-2H3,(H,22,31)(H,23,24,26)/t11?,12-,13+,15-,16+,17-,21+/m0/s1. The Morgan fingerprint density at radius 1 is 1.19 bits per heavy atom. The van der Waals surface area contributed by atoms with E-state index in [-0.39, 0.29) is 0 Å². The van der Waals surface area contributed by atoms with Crippen molar-refractivity contribution in [1.29, 1.82) is 0 Å². The number of aromatic nitrogens is 4. The summed E-state index contributed by atoms with van der Waals surface area (Å²) in [5.41, 5.74) is 1.05. The molecule has 2 aromatic heterocycles. The number of imidazole rings is 1. The zero-order valence-electron chi connectivity index (χ0n) is 18.4. The number of nitrogens with one attached hydrogen (secondary N) is 2. The molecule has 2 aromatic rings. The van der Waals surface area contributed by atoms with Crippen LogP contribution in [-0.4, -0.2) is 90.6 Å². The van der Waals surface area contributed by atoms with Crippen LogP contribution in [0.2, 0.25) is 0 Å². The first-order valence-electron chi connectivity index (χ1n) is 11.4. The third-order valence-corrected chi connectivity index (χ3v) is 7.16. The van der Waals surface area contributed by atoms with E-state index in [1.807, 2.05) is 0 Å². The second-order valence-corrected chi connectivity index (χ2v) is 9.09. The highest BCUT2D eigenvalue weighted by Gasteiger charge is 2.47. The molecule has 5 rings (SSSR count). The van der Waals surface area contributed by atoms with Gasteiger partial charge in [0.05, 0.1) is 6.33 Å². The lowest BCUT2D eigenvalue weighted by molar-refractivity contribution is -0.137. The number of rotatable bonds is 5. The topological polar surface area (TPSA) is 138 Å². The van der Waals surface area contributed by atoms with Gasteiger partial charge in [-0.1, -0.05) is 6.42 Å². The van der Waals surface area contributed by atoms with Crippen LogP contribution >= 0.6 is 0 Å². The molecule has 0 saturated carbocycles. The van der Waals surface area contributed by atoms with Gasteiger partial charge in [-0.25, -0.2) is 15.0 Å². The molecule has 1 amide bonds. The van der Waals surface area contributed by atoms with Crippen LogP contribution in [0.3, 0.4) is 0 Å². The Morgan fingerprint density at radius 2 is 1.94 bits per heavy atom. The molecule has 2 bridgehead atoms. The number of ether oxygens (including phenoxy) is 1. The van der Waals surface area contributed by atoms with Crippen LogP contribution in [0, 0.1) is 0 Å². The summed E-state index contributed by atoms with van der Waals surface area (Å²) in [5, 5.41) is 27.1. The van der Waals surface area contributed by atoms with Crippen molar-refractivity contribution in [2.24, 2.45) is 0 Å². The van der Waals surface area contributed by atoms with Crippen LogP contribution in [0.5, 0.6) is 0 Å². The molecular weight excluding hydrogens is 414 g/mol. The predicted octanol–water partition coefficient (Wildman–Crippen LogP) is 0.00880. The van der Waals surface area contributed by atoms with E-state index in [0.717, 1.165) is 12.8 Å². The highest BCUT2D eigenvalue weighted by Crippen LogP contribution is 2.35. The molecule has 3 fully saturated rings. The lowest BCUT2D eigenvalue weighted by Crippen LogP contribution is -2.52. The van der Waals surface area contributed by atoms with Crippen molar-refractivity contribution in [3.8, 4) is 0 Å².